The molecule has 0 heterocycles. The van der Waals surface area contributed by atoms with Crippen LogP contribution in [0.2, 0.25) is 0 Å². The van der Waals surface area contributed by atoms with Crippen LogP contribution in [0.1, 0.15) is 18.1 Å². The topological polar surface area (TPSA) is 58.3 Å². The molecule has 0 fully saturated rings. The van der Waals surface area contributed by atoms with Crippen LogP contribution in [0.25, 0.3) is 0 Å². The summed E-state index contributed by atoms with van der Waals surface area (Å²) in [5, 5.41) is 13.0. The van der Waals surface area contributed by atoms with Crippen LogP contribution < -0.4 is 11.1 Å². The number of rotatable bonds is 5. The number of aliphatic hydroxyl groups excluding tert-OH is 1. The largest absolute Gasteiger partial charge is 0.387 e. The van der Waals surface area contributed by atoms with Gasteiger partial charge in [-0.3, -0.25) is 0 Å². The van der Waals surface area contributed by atoms with Crippen molar-refractivity contribution in [3.8, 4) is 0 Å². The molecule has 0 aliphatic heterocycles. The van der Waals surface area contributed by atoms with E-state index in [1.807, 2.05) is 31.3 Å². The second-order valence-electron chi connectivity index (χ2n) is 3.52. The Morgan fingerprint density at radius 1 is 1.47 bits per heavy atom. The van der Waals surface area contributed by atoms with Gasteiger partial charge in [-0.1, -0.05) is 34.1 Å². The van der Waals surface area contributed by atoms with Gasteiger partial charge in [0.1, 0.15) is 0 Å². The highest BCUT2D eigenvalue weighted by atomic mass is 79.9. The quantitative estimate of drug-likeness (QED) is 0.760. The Kier molecular flexibility index (Phi) is 5.25. The van der Waals surface area contributed by atoms with Crippen LogP contribution in [0, 0.1) is 0 Å². The maximum absolute atomic E-state index is 10.0. The van der Waals surface area contributed by atoms with Gasteiger partial charge in [0.05, 0.1) is 6.10 Å². The third kappa shape index (κ3) is 3.57. The smallest absolute Gasteiger partial charge is 0.0952 e. The average Bonchev–Trinajstić information content (AvgIpc) is 2.25. The fourth-order valence-corrected chi connectivity index (χ4v) is 1.93. The molecule has 3 nitrogen and oxygen atoms in total. The van der Waals surface area contributed by atoms with Gasteiger partial charge >= 0.3 is 0 Å². The first-order chi connectivity index (χ1) is 7.16. The van der Waals surface area contributed by atoms with E-state index in [2.05, 4.69) is 21.2 Å². The second-order valence-corrected chi connectivity index (χ2v) is 4.38. The summed E-state index contributed by atoms with van der Waals surface area (Å²) >= 11 is 3.40. The molecule has 15 heavy (non-hydrogen) atoms. The van der Waals surface area contributed by atoms with Crippen molar-refractivity contribution in [2.24, 2.45) is 5.73 Å². The minimum Gasteiger partial charge on any atom is -0.387 e. The lowest BCUT2D eigenvalue weighted by Gasteiger charge is -2.20. The summed E-state index contributed by atoms with van der Waals surface area (Å²) in [6.45, 7) is 0.808. The van der Waals surface area contributed by atoms with Crippen molar-refractivity contribution in [3.05, 3.63) is 34.3 Å². The number of hydrogen-bond acceptors (Lipinski definition) is 3. The molecule has 2 atom stereocenters. The first-order valence-corrected chi connectivity index (χ1v) is 5.78. The van der Waals surface area contributed by atoms with Gasteiger partial charge in [-0.2, -0.15) is 0 Å². The lowest BCUT2D eigenvalue weighted by molar-refractivity contribution is 0.141. The first-order valence-electron chi connectivity index (χ1n) is 4.99. The zero-order valence-electron chi connectivity index (χ0n) is 8.78. The lowest BCUT2D eigenvalue weighted by Crippen LogP contribution is -2.31. The molecular formula is C11H17BrN2O. The van der Waals surface area contributed by atoms with Crippen LogP contribution >= 0.6 is 15.9 Å². The number of halogens is 1. The van der Waals surface area contributed by atoms with E-state index in [0.717, 1.165) is 23.0 Å². The van der Waals surface area contributed by atoms with Crippen molar-refractivity contribution in [3.63, 3.8) is 0 Å². The van der Waals surface area contributed by atoms with Gasteiger partial charge < -0.3 is 16.2 Å². The van der Waals surface area contributed by atoms with Gasteiger partial charge in [0.25, 0.3) is 0 Å². The summed E-state index contributed by atoms with van der Waals surface area (Å²) in [7, 11) is 1.87. The molecule has 0 aliphatic carbocycles. The van der Waals surface area contributed by atoms with Gasteiger partial charge in [0.15, 0.2) is 0 Å². The molecule has 0 aliphatic rings. The van der Waals surface area contributed by atoms with E-state index in [4.69, 9.17) is 5.73 Å². The molecule has 0 radical (unpaired) electrons. The van der Waals surface area contributed by atoms with E-state index in [1.54, 1.807) is 0 Å². The Hall–Kier alpha value is -0.420. The van der Waals surface area contributed by atoms with E-state index in [9.17, 15) is 5.11 Å². The molecule has 1 aromatic carbocycles. The molecule has 4 heteroatoms. The third-order valence-corrected chi connectivity index (χ3v) is 3.08. The fraction of sp³-hybridized carbons (Fsp3) is 0.455. The van der Waals surface area contributed by atoms with Gasteiger partial charge in [-0.25, -0.2) is 0 Å². The van der Waals surface area contributed by atoms with Crippen LogP contribution in [0.15, 0.2) is 28.7 Å². The third-order valence-electron chi connectivity index (χ3n) is 2.36. The zero-order valence-corrected chi connectivity index (χ0v) is 10.4. The monoisotopic (exact) mass is 272 g/mol. The van der Waals surface area contributed by atoms with Crippen LogP contribution in [-0.4, -0.2) is 24.7 Å². The van der Waals surface area contributed by atoms with Crippen molar-refractivity contribution in [1.29, 1.82) is 0 Å². The van der Waals surface area contributed by atoms with E-state index in [0.29, 0.717) is 0 Å². The van der Waals surface area contributed by atoms with Gasteiger partial charge in [0.2, 0.25) is 0 Å². The van der Waals surface area contributed by atoms with Crippen LogP contribution in [0.4, 0.5) is 0 Å². The molecule has 0 spiro atoms. The summed E-state index contributed by atoms with van der Waals surface area (Å²) < 4.78 is 0.900. The van der Waals surface area contributed by atoms with Crippen LogP contribution in [0.5, 0.6) is 0 Å². The molecule has 84 valence electrons. The molecule has 4 N–H and O–H groups in total. The van der Waals surface area contributed by atoms with Crippen molar-refractivity contribution in [2.45, 2.75) is 18.6 Å². The zero-order chi connectivity index (χ0) is 11.3. The van der Waals surface area contributed by atoms with Gasteiger partial charge in [-0.05, 0) is 31.6 Å². The summed E-state index contributed by atoms with van der Waals surface area (Å²) in [6.07, 6.45) is 0.132. The van der Waals surface area contributed by atoms with E-state index >= 15 is 0 Å². The predicted octanol–water partition coefficient (Wildman–Crippen LogP) is 1.42. The van der Waals surface area contributed by atoms with Gasteiger partial charge in [-0.15, -0.1) is 0 Å². The Labute approximate surface area is 98.8 Å². The summed E-state index contributed by atoms with van der Waals surface area (Å²) in [6, 6.07) is 7.36. The molecule has 0 saturated carbocycles. The maximum Gasteiger partial charge on any atom is 0.0952 e. The molecular weight excluding hydrogens is 256 g/mol. The average molecular weight is 273 g/mol. The highest BCUT2D eigenvalue weighted by Crippen LogP contribution is 2.25. The summed E-state index contributed by atoms with van der Waals surface area (Å²) in [5.74, 6) is 0. The Morgan fingerprint density at radius 2 is 2.13 bits per heavy atom. The van der Waals surface area contributed by atoms with Crippen molar-refractivity contribution >= 4 is 15.9 Å². The minimum absolute atomic E-state index is 0.240. The summed E-state index contributed by atoms with van der Waals surface area (Å²) in [5.41, 5.74) is 6.74. The SMILES string of the molecule is CNCCC(N)C(O)c1ccccc1Br. The van der Waals surface area contributed by atoms with Crippen molar-refractivity contribution in [1.82, 2.24) is 5.32 Å². The fourth-order valence-electron chi connectivity index (χ4n) is 1.41. The molecule has 0 bridgehead atoms. The molecule has 1 aromatic rings. The normalized spacial score (nSPS) is 14.9. The summed E-state index contributed by atoms with van der Waals surface area (Å²) in [4.78, 5) is 0. The predicted molar refractivity (Wildman–Crippen MR) is 65.6 cm³/mol. The highest BCUT2D eigenvalue weighted by molar-refractivity contribution is 9.10. The van der Waals surface area contributed by atoms with E-state index < -0.39 is 6.10 Å². The lowest BCUT2D eigenvalue weighted by atomic mass is 10.0. The number of hydrogen-bond donors (Lipinski definition) is 3. The highest BCUT2D eigenvalue weighted by Gasteiger charge is 2.18. The standard InChI is InChI=1S/C11H17BrN2O/c1-14-7-6-10(13)11(15)8-4-2-3-5-9(8)12/h2-5,10-11,14-15H,6-7,13H2,1H3. The van der Waals surface area contributed by atoms with Crippen molar-refractivity contribution in [2.75, 3.05) is 13.6 Å². The number of aliphatic hydroxyl groups is 1. The van der Waals surface area contributed by atoms with Crippen molar-refractivity contribution < 1.29 is 5.11 Å². The minimum atomic E-state index is -0.617. The Balaban J connectivity index is 2.67. The molecule has 0 aromatic heterocycles. The molecule has 0 amide bonds. The molecule has 0 saturated heterocycles. The number of nitrogens with one attached hydrogen (secondary N) is 1. The van der Waals surface area contributed by atoms with E-state index in [-0.39, 0.29) is 6.04 Å². The van der Waals surface area contributed by atoms with Crippen LogP contribution in [-0.2, 0) is 0 Å². The molecule has 1 rings (SSSR count). The number of nitrogens with two attached hydrogens (primary N) is 1. The van der Waals surface area contributed by atoms with E-state index in [1.165, 1.54) is 0 Å². The Morgan fingerprint density at radius 3 is 2.73 bits per heavy atom. The maximum atomic E-state index is 10.0. The number of benzene rings is 1. The molecule has 2 unspecified atom stereocenters. The second kappa shape index (κ2) is 6.23. The Bertz CT molecular complexity index is 306. The van der Waals surface area contributed by atoms with Gasteiger partial charge in [0, 0.05) is 10.5 Å². The first kappa shape index (κ1) is 12.6. The van der Waals surface area contributed by atoms with Crippen LogP contribution in [0.3, 0.4) is 0 Å².